The molecule has 2 N–H and O–H groups in total. The monoisotopic (exact) mass is 1430 g/mol. The van der Waals surface area contributed by atoms with Crippen molar-refractivity contribution < 1.29 is 47.7 Å². The van der Waals surface area contributed by atoms with Crippen LogP contribution in [0.2, 0.25) is 0 Å². The molecule has 4 heterocycles. The fraction of sp³-hybridized carbons (Fsp3) is 0.659. The van der Waals surface area contributed by atoms with Crippen LogP contribution in [-0.2, 0) is 14.3 Å². The molecule has 0 saturated carbocycles. The molecule has 0 aliphatic carbocycles. The maximum Gasteiger partial charge on any atom is 0.336 e. The van der Waals surface area contributed by atoms with Crippen molar-refractivity contribution in [2.75, 3.05) is 57.3 Å². The molecule has 8 rings (SSSR count). The molecule has 0 bridgehead atoms. The van der Waals surface area contributed by atoms with Crippen LogP contribution in [0.25, 0.3) is 43.4 Å². The minimum Gasteiger partial charge on any atom is -0.491 e. The van der Waals surface area contributed by atoms with Crippen molar-refractivity contribution in [3.05, 3.63) is 71.0 Å². The van der Waals surface area contributed by atoms with Crippen LogP contribution in [0.4, 0.5) is 16.2 Å². The Morgan fingerprint density at radius 1 is 0.385 bits per heavy atom. The van der Waals surface area contributed by atoms with E-state index in [4.69, 9.17) is 28.9 Å². The maximum atomic E-state index is 14.9. The summed E-state index contributed by atoms with van der Waals surface area (Å²) in [5, 5.41) is 8.84. The highest BCUT2D eigenvalue weighted by Crippen LogP contribution is 2.45. The van der Waals surface area contributed by atoms with Gasteiger partial charge in [-0.05, 0) is 75.3 Å². The van der Waals surface area contributed by atoms with Gasteiger partial charge in [0.15, 0.2) is 0 Å². The first-order valence-corrected chi connectivity index (χ1v) is 41.7. The third kappa shape index (κ3) is 24.6. The topological polar surface area (TPSA) is 196 Å². The Morgan fingerprint density at radius 2 is 0.702 bits per heavy atom. The van der Waals surface area contributed by atoms with Crippen molar-refractivity contribution in [1.82, 2.24) is 19.8 Å². The van der Waals surface area contributed by atoms with Gasteiger partial charge in [-0.1, -0.05) is 271 Å². The Morgan fingerprint density at radius 3 is 1.08 bits per heavy atom. The second kappa shape index (κ2) is 46.3. The minimum absolute atomic E-state index is 0.0375. The van der Waals surface area contributed by atoms with Crippen LogP contribution in [0, 0.1) is 11.8 Å². The number of hydrogen-bond donors (Lipinski definition) is 2. The highest BCUT2D eigenvalue weighted by atomic mass is 16.5. The summed E-state index contributed by atoms with van der Waals surface area (Å²) in [6.45, 7) is 13.7. The predicted octanol–water partition coefficient (Wildman–Crippen LogP) is 23.8. The van der Waals surface area contributed by atoms with Gasteiger partial charge in [0.2, 0.25) is 5.91 Å². The summed E-state index contributed by atoms with van der Waals surface area (Å²) >= 11 is 0. The number of benzene rings is 4. The van der Waals surface area contributed by atoms with Crippen molar-refractivity contribution in [2.24, 2.45) is 11.8 Å². The smallest absolute Gasteiger partial charge is 0.336 e. The van der Waals surface area contributed by atoms with Crippen molar-refractivity contribution >= 4 is 90.3 Å². The van der Waals surface area contributed by atoms with Crippen LogP contribution < -0.4 is 20.1 Å². The molecule has 16 nitrogen and oxygen atoms in total. The van der Waals surface area contributed by atoms with E-state index in [0.29, 0.717) is 103 Å². The number of anilines is 2. The molecule has 7 amide bonds. The second-order valence-corrected chi connectivity index (χ2v) is 30.4. The molecule has 2 aromatic heterocycles. The van der Waals surface area contributed by atoms with Crippen LogP contribution in [0.5, 0.6) is 11.5 Å². The van der Waals surface area contributed by atoms with Gasteiger partial charge in [0.1, 0.15) is 11.5 Å². The van der Waals surface area contributed by atoms with E-state index < -0.39 is 29.7 Å². The average Bonchev–Trinajstić information content (AvgIpc) is 0.692. The van der Waals surface area contributed by atoms with Gasteiger partial charge in [-0.25, -0.2) is 4.79 Å². The van der Waals surface area contributed by atoms with Crippen LogP contribution in [-0.4, -0.2) is 102 Å². The Hall–Kier alpha value is -6.78. The first-order valence-electron chi connectivity index (χ1n) is 41.7. The summed E-state index contributed by atoms with van der Waals surface area (Å²) in [6.07, 6.45) is 57.9. The van der Waals surface area contributed by atoms with E-state index in [1.54, 1.807) is 36.4 Å². The lowest BCUT2D eigenvalue weighted by atomic mass is 9.86. The quantitative estimate of drug-likeness (QED) is 0.0159. The van der Waals surface area contributed by atoms with Crippen LogP contribution in [0.1, 0.15) is 359 Å². The molecule has 572 valence electrons. The predicted molar refractivity (Wildman–Crippen MR) is 425 cm³/mol. The highest BCUT2D eigenvalue weighted by Gasteiger charge is 2.40. The Bertz CT molecular complexity index is 3510. The van der Waals surface area contributed by atoms with E-state index in [-0.39, 0.29) is 47.4 Å². The molecule has 0 fully saturated rings. The fourth-order valence-corrected chi connectivity index (χ4v) is 15.7. The SMILES string of the molecule is CCCCCCCCCCCCC(CCCCCCCCCC)COCCCCOc1cc(NC(=O)N2C(=O)c3ccc4c5ncc6c7c(ccc(c8ncc(c3c48)C2=O)c75)C(=O)N(C)C6=O)c(OCCCCOCC(CCCCCCCCCC)CCCCCCCCCCCC)cc1NC(C)=O. The molecular weight excluding hydrogens is 1300 g/mol. The molecule has 0 spiro atoms. The lowest BCUT2D eigenvalue weighted by Crippen LogP contribution is -2.46. The van der Waals surface area contributed by atoms with E-state index in [1.165, 1.54) is 283 Å². The molecule has 104 heavy (non-hydrogen) atoms. The Kier molecular flexibility index (Phi) is 36.9. The minimum atomic E-state index is -1.02. The van der Waals surface area contributed by atoms with Gasteiger partial charge >= 0.3 is 6.03 Å². The first-order chi connectivity index (χ1) is 50.9. The van der Waals surface area contributed by atoms with Gasteiger partial charge in [-0.15, -0.1) is 0 Å². The summed E-state index contributed by atoms with van der Waals surface area (Å²) in [5.74, 6) is -1.36. The largest absolute Gasteiger partial charge is 0.491 e. The molecule has 2 unspecified atom stereocenters. The highest BCUT2D eigenvalue weighted by molar-refractivity contribution is 6.41. The van der Waals surface area contributed by atoms with Gasteiger partial charge in [0.25, 0.3) is 23.6 Å². The third-order valence-electron chi connectivity index (χ3n) is 21.8. The zero-order valence-corrected chi connectivity index (χ0v) is 65.0. The zero-order chi connectivity index (χ0) is 73.7. The third-order valence-corrected chi connectivity index (χ3v) is 21.8. The summed E-state index contributed by atoms with van der Waals surface area (Å²) in [7, 11) is 1.45. The number of urea groups is 1. The lowest BCUT2D eigenvalue weighted by Gasteiger charge is -2.28. The molecule has 16 heteroatoms. The van der Waals surface area contributed by atoms with Gasteiger partial charge in [-0.3, -0.25) is 38.8 Å². The van der Waals surface area contributed by atoms with E-state index >= 15 is 0 Å². The Balaban J connectivity index is 0.932. The van der Waals surface area contributed by atoms with Crippen molar-refractivity contribution in [1.29, 1.82) is 0 Å². The molecule has 4 aromatic carbocycles. The number of ether oxygens (including phenoxy) is 4. The number of nitrogens with zero attached hydrogens (tertiary/aromatic N) is 4. The number of carbonyl (C=O) groups excluding carboxylic acids is 6. The van der Waals surface area contributed by atoms with Crippen LogP contribution >= 0.6 is 0 Å². The molecule has 2 aliphatic rings. The van der Waals surface area contributed by atoms with Crippen LogP contribution in [0.15, 0.2) is 48.8 Å². The van der Waals surface area contributed by atoms with E-state index in [0.717, 1.165) is 31.0 Å². The van der Waals surface area contributed by atoms with Crippen LogP contribution in [0.3, 0.4) is 0 Å². The number of amides is 7. The van der Waals surface area contributed by atoms with E-state index in [2.05, 4.69) is 38.3 Å². The number of carbonyl (C=O) groups is 6. The van der Waals surface area contributed by atoms with Gasteiger partial charge in [-0.2, -0.15) is 4.90 Å². The normalized spacial score (nSPS) is 13.6. The standard InChI is InChI=1S/C88H130N6O10/c1-7-11-15-19-23-27-29-33-37-41-49-66(47-39-35-31-25-21-17-13-9-3)63-101-55-43-45-57-103-76-60-75(77(59-74(76)91-65(5)95)104-58-46-44-56-102-64-67(48-40-36-32-26-22-18-14-10-4)50-42-38-34-30-28-24-20-16-12-8-2)92-88(100)94-86(98)71-54-52-69-81-79(71)73(87(94)99)62-90-83(81)68-51-53-70-78-72(61-89-82(69)80(68)78)85(97)93(6)84(70)96/h51-54,59-62,66-67H,7-50,55-58,63-64H2,1-6H3,(H,91,95)(H,92,100). The number of hydrogen-bond acceptors (Lipinski definition) is 12. The molecule has 0 saturated heterocycles. The van der Waals surface area contributed by atoms with E-state index in [9.17, 15) is 28.8 Å². The number of pyridine rings is 2. The van der Waals surface area contributed by atoms with Crippen molar-refractivity contribution in [3.63, 3.8) is 0 Å². The molecule has 2 aliphatic heterocycles. The molecule has 6 aromatic rings. The second-order valence-electron chi connectivity index (χ2n) is 30.4. The molecular formula is C88H130N6O10. The summed E-state index contributed by atoms with van der Waals surface area (Å²) < 4.78 is 25.9. The summed E-state index contributed by atoms with van der Waals surface area (Å²) in [6, 6.07) is 8.92. The first kappa shape index (κ1) is 82.9. The van der Waals surface area contributed by atoms with Gasteiger partial charge in [0.05, 0.1) is 46.7 Å². The van der Waals surface area contributed by atoms with Crippen molar-refractivity contribution in [2.45, 2.75) is 317 Å². The number of nitrogens with one attached hydrogen (secondary N) is 2. The van der Waals surface area contributed by atoms with Crippen molar-refractivity contribution in [3.8, 4) is 11.5 Å². The maximum absolute atomic E-state index is 14.9. The average molecular weight is 1430 g/mol. The lowest BCUT2D eigenvalue weighted by molar-refractivity contribution is -0.114. The zero-order valence-electron chi connectivity index (χ0n) is 65.0. The summed E-state index contributed by atoms with van der Waals surface area (Å²) in [5.41, 5.74) is 2.22. The van der Waals surface area contributed by atoms with Gasteiger partial charge in [0, 0.05) is 108 Å². The number of rotatable bonds is 58. The number of fused-ring (bicyclic) bond motifs is 2. The molecule has 2 atom stereocenters. The summed E-state index contributed by atoms with van der Waals surface area (Å²) in [4.78, 5) is 95.7. The number of aromatic nitrogens is 2. The number of imide groups is 4. The number of unbranched alkanes of at least 4 members (excludes halogenated alkanes) is 34. The van der Waals surface area contributed by atoms with E-state index in [1.807, 2.05) is 0 Å². The fourth-order valence-electron chi connectivity index (χ4n) is 15.7. The molecule has 0 radical (unpaired) electrons. The Labute approximate surface area is 623 Å². The van der Waals surface area contributed by atoms with Gasteiger partial charge < -0.3 is 29.6 Å².